The molecule has 1 saturated heterocycles. The third kappa shape index (κ3) is 8.15. The fraction of sp³-hybridized carbons (Fsp3) is 0.553. The Balaban J connectivity index is 0.000000424. The Hall–Kier alpha value is -3.43. The van der Waals surface area contributed by atoms with Gasteiger partial charge in [0.05, 0.1) is 29.8 Å². The number of nitrogens with zero attached hydrogens (tertiary/aromatic N) is 5. The van der Waals surface area contributed by atoms with E-state index in [9.17, 15) is 10.4 Å². The molecule has 2 aromatic heterocycles. The van der Waals surface area contributed by atoms with Gasteiger partial charge in [-0.25, -0.2) is 18.7 Å². The minimum Gasteiger partial charge on any atom is -0.391 e. The Bertz CT molecular complexity index is 1730. The van der Waals surface area contributed by atoms with E-state index in [1.165, 1.54) is 38.4 Å². The molecule has 0 aliphatic carbocycles. The van der Waals surface area contributed by atoms with Gasteiger partial charge in [-0.15, -0.1) is 11.3 Å². The van der Waals surface area contributed by atoms with E-state index in [4.69, 9.17) is 10.5 Å². The quantitative estimate of drug-likeness (QED) is 0.206. The summed E-state index contributed by atoms with van der Waals surface area (Å²) in [5.41, 5.74) is 9.60. The van der Waals surface area contributed by atoms with E-state index >= 15 is 8.78 Å². The highest BCUT2D eigenvalue weighted by Gasteiger charge is 2.34. The second-order valence-electron chi connectivity index (χ2n) is 13.5. The Labute approximate surface area is 294 Å². The molecule has 1 fully saturated rings. The smallest absolute Gasteiger partial charge is 0.226 e. The average molecular weight is 695 g/mol. The van der Waals surface area contributed by atoms with Crippen molar-refractivity contribution in [3.8, 4) is 6.07 Å². The van der Waals surface area contributed by atoms with Crippen LogP contribution < -0.4 is 10.6 Å². The van der Waals surface area contributed by atoms with Crippen LogP contribution in [0.3, 0.4) is 0 Å². The number of β-amino-alcohol motifs (C(OH)–C–C–N with tert-alkyl or cyclic N) is 1. The number of hydrogen-bond donors (Lipinski definition) is 2. The van der Waals surface area contributed by atoms with Crippen LogP contribution in [0.4, 0.5) is 19.7 Å². The summed E-state index contributed by atoms with van der Waals surface area (Å²) < 4.78 is 37.7. The lowest BCUT2D eigenvalue weighted by molar-refractivity contribution is 0.134. The van der Waals surface area contributed by atoms with Crippen LogP contribution >= 0.6 is 11.3 Å². The number of ether oxygens (including phenoxy) is 1. The van der Waals surface area contributed by atoms with Gasteiger partial charge in [0, 0.05) is 48.3 Å². The highest BCUT2D eigenvalue weighted by molar-refractivity contribution is 7.17. The predicted molar refractivity (Wildman–Crippen MR) is 197 cm³/mol. The van der Waals surface area contributed by atoms with Gasteiger partial charge in [-0.1, -0.05) is 52.7 Å². The molecule has 0 bridgehead atoms. The molecule has 3 aromatic rings. The number of hydrogen-bond acceptors (Lipinski definition) is 9. The third-order valence-electron chi connectivity index (χ3n) is 9.53. The summed E-state index contributed by atoms with van der Waals surface area (Å²) in [4.78, 5) is 13.6. The largest absolute Gasteiger partial charge is 0.391 e. The van der Waals surface area contributed by atoms with Crippen molar-refractivity contribution in [3.63, 3.8) is 0 Å². The van der Waals surface area contributed by atoms with Crippen LogP contribution in [0.2, 0.25) is 0 Å². The number of nitrogen functional groups attached to an aromatic ring is 1. The Morgan fingerprint density at radius 2 is 1.96 bits per heavy atom. The van der Waals surface area contributed by atoms with E-state index in [-0.39, 0.29) is 45.7 Å². The van der Waals surface area contributed by atoms with E-state index in [2.05, 4.69) is 48.8 Å². The molecule has 0 saturated carbocycles. The van der Waals surface area contributed by atoms with E-state index in [1.54, 1.807) is 13.1 Å². The molecule has 0 amide bonds. The summed E-state index contributed by atoms with van der Waals surface area (Å²) in [5.74, 6) is 0.138. The molecule has 3 N–H and O–H groups in total. The molecule has 2 aliphatic heterocycles. The number of allylic oxidation sites excluding steroid dienone is 2. The van der Waals surface area contributed by atoms with Crippen molar-refractivity contribution in [3.05, 3.63) is 56.4 Å². The number of rotatable bonds is 11. The predicted octanol–water partition coefficient (Wildman–Crippen LogP) is 8.46. The number of nitriles is 1. The van der Waals surface area contributed by atoms with E-state index < -0.39 is 17.7 Å². The Morgan fingerprint density at radius 1 is 1.24 bits per heavy atom. The summed E-state index contributed by atoms with van der Waals surface area (Å²) in [6, 6.07) is 2.12. The maximum absolute atomic E-state index is 16.8. The van der Waals surface area contributed by atoms with Crippen molar-refractivity contribution in [1.82, 2.24) is 14.9 Å². The molecule has 0 spiro atoms. The van der Waals surface area contributed by atoms with Crippen molar-refractivity contribution in [2.24, 2.45) is 11.8 Å². The van der Waals surface area contributed by atoms with Gasteiger partial charge >= 0.3 is 0 Å². The Kier molecular flexibility index (Phi) is 13.3. The number of fused-ring (bicyclic) bond motifs is 3. The number of thiophene rings is 1. The molecule has 266 valence electrons. The van der Waals surface area contributed by atoms with Gasteiger partial charge < -0.3 is 25.4 Å². The molecule has 0 radical (unpaired) electrons. The van der Waals surface area contributed by atoms with Gasteiger partial charge in [0.2, 0.25) is 5.95 Å². The summed E-state index contributed by atoms with van der Waals surface area (Å²) in [5, 5.41) is 21.0. The number of aliphatic hydroxyl groups excluding tert-OH is 1. The molecule has 5 rings (SSSR count). The van der Waals surface area contributed by atoms with Crippen LogP contribution in [0.1, 0.15) is 107 Å². The average Bonchev–Trinajstić information content (AvgIpc) is 3.79. The molecule has 8 nitrogen and oxygen atoms in total. The number of anilines is 2. The van der Waals surface area contributed by atoms with E-state index in [0.29, 0.717) is 47.5 Å². The summed E-state index contributed by atoms with van der Waals surface area (Å²) in [6.07, 6.45) is 6.91. The maximum atomic E-state index is 16.8. The number of nitrogens with two attached hydrogens (primary N) is 1. The molecule has 3 atom stereocenters. The zero-order valence-electron chi connectivity index (χ0n) is 30.3. The van der Waals surface area contributed by atoms with Crippen LogP contribution in [-0.4, -0.2) is 59.3 Å². The molecule has 11 heteroatoms. The normalized spacial score (nSPS) is 18.8. The van der Waals surface area contributed by atoms with Gasteiger partial charge in [0.25, 0.3) is 0 Å². The first-order valence-corrected chi connectivity index (χ1v) is 18.3. The lowest BCUT2D eigenvalue weighted by Crippen LogP contribution is -2.24. The second kappa shape index (κ2) is 17.0. The fourth-order valence-corrected chi connectivity index (χ4v) is 7.84. The minimum absolute atomic E-state index is 0.0401. The minimum atomic E-state index is -0.580. The summed E-state index contributed by atoms with van der Waals surface area (Å²) in [6.45, 7) is 18.0. The van der Waals surface area contributed by atoms with Gasteiger partial charge in [-0.3, -0.25) is 0 Å². The van der Waals surface area contributed by atoms with Crippen molar-refractivity contribution >= 4 is 44.6 Å². The first-order chi connectivity index (χ1) is 23.4. The van der Waals surface area contributed by atoms with Crippen molar-refractivity contribution in [1.29, 1.82) is 5.26 Å². The van der Waals surface area contributed by atoms with Gasteiger partial charge in [0.15, 0.2) is 5.82 Å². The first kappa shape index (κ1) is 38.4. The first-order valence-electron chi connectivity index (χ1n) is 17.5. The van der Waals surface area contributed by atoms with Crippen LogP contribution in [0.15, 0.2) is 17.8 Å². The fourth-order valence-electron chi connectivity index (χ4n) is 6.85. The van der Waals surface area contributed by atoms with Crippen molar-refractivity contribution in [2.75, 3.05) is 43.9 Å². The lowest BCUT2D eigenvalue weighted by Gasteiger charge is -2.20. The molecule has 4 heterocycles. The molecule has 1 aromatic carbocycles. The van der Waals surface area contributed by atoms with Gasteiger partial charge in [0.1, 0.15) is 22.4 Å². The zero-order chi connectivity index (χ0) is 36.0. The van der Waals surface area contributed by atoms with Gasteiger partial charge in [-0.2, -0.15) is 5.26 Å². The van der Waals surface area contributed by atoms with Crippen LogP contribution in [0, 0.1) is 29.0 Å². The number of benzene rings is 1. The van der Waals surface area contributed by atoms with Crippen LogP contribution in [0.5, 0.6) is 0 Å². The second-order valence-corrected chi connectivity index (χ2v) is 14.5. The lowest BCUT2D eigenvalue weighted by atomic mass is 9.85. The topological polar surface area (TPSA) is 112 Å². The highest BCUT2D eigenvalue weighted by atomic mass is 32.1. The van der Waals surface area contributed by atoms with E-state index in [1.807, 2.05) is 25.7 Å². The number of aromatic nitrogens is 2. The molecule has 3 unspecified atom stereocenters. The monoisotopic (exact) mass is 694 g/mol. The standard InChI is InChI=1S/C28H29F2N5O2S.C10H23N/c1-5-13(3)21(23-15(7-31)27(32)38-26(23)19(29)6-2)22-18-12-37-11-17(18)16-8-33-28(34-25(16)24(22)30)35-9-14(4)20(36)10-35;1-5-7-10(3)9-11(4)8-6-2/h6,8,14,20,36H,5,9-12,32H2,1-4H3;10H,5-9H2,1-4H3/b19-6+,21-13+;. The van der Waals surface area contributed by atoms with Crippen LogP contribution in [-0.2, 0) is 18.0 Å². The number of aliphatic hydroxyl groups is 1. The SMILES string of the molecule is C/C=C(/F)c1sc(N)c(C#N)c1/C(=C(\C)CC)c1c2c(c3cnc(N4CC(C)C(O)C4)nc3c1F)COC2.CCCC(C)CN(C)CCC. The van der Waals surface area contributed by atoms with Crippen molar-refractivity contribution in [2.45, 2.75) is 93.5 Å². The summed E-state index contributed by atoms with van der Waals surface area (Å²) >= 11 is 0.980. The molecular formula is C38H52F2N6O2S. The van der Waals surface area contributed by atoms with E-state index in [0.717, 1.165) is 28.4 Å². The number of halogens is 2. The molecule has 49 heavy (non-hydrogen) atoms. The van der Waals surface area contributed by atoms with Crippen molar-refractivity contribution < 1.29 is 18.6 Å². The van der Waals surface area contributed by atoms with Crippen LogP contribution in [0.25, 0.3) is 22.3 Å². The highest BCUT2D eigenvalue weighted by Crippen LogP contribution is 2.47. The molecule has 2 aliphatic rings. The summed E-state index contributed by atoms with van der Waals surface area (Å²) in [7, 11) is 2.22. The zero-order valence-corrected chi connectivity index (χ0v) is 31.1. The van der Waals surface area contributed by atoms with Gasteiger partial charge in [-0.05, 0) is 69.3 Å². The third-order valence-corrected chi connectivity index (χ3v) is 10.6. The maximum Gasteiger partial charge on any atom is 0.226 e. The Morgan fingerprint density at radius 3 is 2.55 bits per heavy atom. The molecular weight excluding hydrogens is 643 g/mol.